The second kappa shape index (κ2) is 6.88. The molecule has 1 aliphatic carbocycles. The fraction of sp³-hybridized carbons (Fsp3) is 1.00. The summed E-state index contributed by atoms with van der Waals surface area (Å²) in [5, 5.41) is 20.0. The molecule has 0 aromatic rings. The van der Waals surface area contributed by atoms with E-state index in [1.165, 1.54) is 12.8 Å². The molecule has 3 atom stereocenters. The molecule has 1 saturated carbocycles. The van der Waals surface area contributed by atoms with Crippen LogP contribution in [-0.2, 0) is 0 Å². The van der Waals surface area contributed by atoms with E-state index in [9.17, 15) is 10.2 Å². The van der Waals surface area contributed by atoms with Crippen LogP contribution in [0.25, 0.3) is 0 Å². The zero-order valence-electron chi connectivity index (χ0n) is 12.5. The van der Waals surface area contributed by atoms with Crippen molar-refractivity contribution in [2.24, 2.45) is 11.8 Å². The number of aliphatic hydroxyl groups is 2. The van der Waals surface area contributed by atoms with Crippen LogP contribution >= 0.6 is 0 Å². The van der Waals surface area contributed by atoms with Gasteiger partial charge in [0.2, 0.25) is 0 Å². The molecule has 3 unspecified atom stereocenters. The summed E-state index contributed by atoms with van der Waals surface area (Å²) < 4.78 is 0. The Morgan fingerprint density at radius 2 is 1.89 bits per heavy atom. The Morgan fingerprint density at radius 3 is 2.39 bits per heavy atom. The van der Waals surface area contributed by atoms with Gasteiger partial charge in [-0.3, -0.25) is 0 Å². The summed E-state index contributed by atoms with van der Waals surface area (Å²) in [5.74, 6) is 1.16. The quantitative estimate of drug-likeness (QED) is 0.767. The third-order valence-electron chi connectivity index (χ3n) is 4.18. The second-order valence-corrected chi connectivity index (χ2v) is 6.55. The van der Waals surface area contributed by atoms with E-state index >= 15 is 0 Å². The summed E-state index contributed by atoms with van der Waals surface area (Å²) in [6.07, 6.45) is 4.33. The number of likely N-dealkylation sites (N-methyl/N-ethyl adjacent to an activating group) is 1. The summed E-state index contributed by atoms with van der Waals surface area (Å²) in [7, 11) is 0. The number of hydrogen-bond acceptors (Lipinski definition) is 3. The average Bonchev–Trinajstić information content (AvgIpc) is 2.29. The van der Waals surface area contributed by atoms with E-state index in [0.29, 0.717) is 12.5 Å². The van der Waals surface area contributed by atoms with Crippen LogP contribution in [0.5, 0.6) is 0 Å². The van der Waals surface area contributed by atoms with Crippen molar-refractivity contribution in [1.82, 2.24) is 4.90 Å². The summed E-state index contributed by atoms with van der Waals surface area (Å²) in [5.41, 5.74) is -0.653. The van der Waals surface area contributed by atoms with Gasteiger partial charge in [0.15, 0.2) is 0 Å². The van der Waals surface area contributed by atoms with E-state index in [2.05, 4.69) is 18.7 Å². The van der Waals surface area contributed by atoms with Gasteiger partial charge in [-0.15, -0.1) is 0 Å². The second-order valence-electron chi connectivity index (χ2n) is 6.55. The van der Waals surface area contributed by atoms with Crippen LogP contribution in [-0.4, -0.2) is 46.5 Å². The van der Waals surface area contributed by atoms with Crippen LogP contribution < -0.4 is 0 Å². The van der Waals surface area contributed by atoms with Crippen LogP contribution in [0.15, 0.2) is 0 Å². The van der Waals surface area contributed by atoms with Gasteiger partial charge in [0.25, 0.3) is 0 Å². The van der Waals surface area contributed by atoms with Crippen LogP contribution in [0.3, 0.4) is 0 Å². The predicted molar refractivity (Wildman–Crippen MR) is 75.5 cm³/mol. The van der Waals surface area contributed by atoms with Gasteiger partial charge in [-0.25, -0.2) is 0 Å². The maximum Gasteiger partial charge on any atom is 0.0718 e. The minimum atomic E-state index is -0.653. The highest BCUT2D eigenvalue weighted by Gasteiger charge is 2.30. The van der Waals surface area contributed by atoms with Crippen molar-refractivity contribution in [3.63, 3.8) is 0 Å². The van der Waals surface area contributed by atoms with Gasteiger partial charge in [0, 0.05) is 13.1 Å². The molecule has 0 aliphatic heterocycles. The molecular weight excluding hydrogens is 226 g/mol. The molecule has 0 radical (unpaired) electrons. The number of hydrogen-bond donors (Lipinski definition) is 2. The molecule has 108 valence electrons. The molecule has 0 saturated heterocycles. The minimum absolute atomic E-state index is 0.149. The van der Waals surface area contributed by atoms with Crippen LogP contribution in [0.1, 0.15) is 53.4 Å². The van der Waals surface area contributed by atoms with Crippen molar-refractivity contribution < 1.29 is 10.2 Å². The van der Waals surface area contributed by atoms with Crippen molar-refractivity contribution in [2.45, 2.75) is 65.1 Å². The Hall–Kier alpha value is -0.120. The van der Waals surface area contributed by atoms with Crippen LogP contribution in [0, 0.1) is 11.8 Å². The van der Waals surface area contributed by atoms with E-state index in [-0.39, 0.29) is 6.10 Å². The number of aliphatic hydroxyl groups excluding tert-OH is 1. The minimum Gasteiger partial charge on any atom is -0.393 e. The van der Waals surface area contributed by atoms with E-state index in [4.69, 9.17) is 0 Å². The molecule has 0 aromatic heterocycles. The highest BCUT2D eigenvalue weighted by atomic mass is 16.3. The van der Waals surface area contributed by atoms with Gasteiger partial charge in [0.05, 0.1) is 11.7 Å². The third kappa shape index (κ3) is 5.25. The monoisotopic (exact) mass is 257 g/mol. The molecule has 3 heteroatoms. The van der Waals surface area contributed by atoms with E-state index in [1.54, 1.807) is 0 Å². The lowest BCUT2D eigenvalue weighted by atomic mass is 9.78. The Kier molecular flexibility index (Phi) is 6.09. The topological polar surface area (TPSA) is 43.7 Å². The molecule has 1 rings (SSSR count). The van der Waals surface area contributed by atoms with E-state index in [0.717, 1.165) is 31.8 Å². The summed E-state index contributed by atoms with van der Waals surface area (Å²) in [4.78, 5) is 2.27. The van der Waals surface area contributed by atoms with E-state index in [1.807, 2.05) is 13.8 Å². The first-order chi connectivity index (χ1) is 8.35. The zero-order valence-corrected chi connectivity index (χ0v) is 12.5. The standard InChI is InChI=1S/C15H31NO2/c1-5-12-7-8-14(17)13(9-12)10-16(6-2)11-15(3,4)18/h12-14,17-18H,5-11H2,1-4H3. The Balaban J connectivity index is 2.51. The predicted octanol–water partition coefficient (Wildman–Crippen LogP) is 2.27. The van der Waals surface area contributed by atoms with Crippen molar-refractivity contribution in [3.8, 4) is 0 Å². The molecule has 0 bridgehead atoms. The first-order valence-electron chi connectivity index (χ1n) is 7.48. The molecule has 3 nitrogen and oxygen atoms in total. The van der Waals surface area contributed by atoms with Gasteiger partial charge >= 0.3 is 0 Å². The zero-order chi connectivity index (χ0) is 13.8. The summed E-state index contributed by atoms with van der Waals surface area (Å²) >= 11 is 0. The normalized spacial score (nSPS) is 29.8. The number of rotatable bonds is 6. The van der Waals surface area contributed by atoms with Crippen molar-refractivity contribution in [1.29, 1.82) is 0 Å². The van der Waals surface area contributed by atoms with Crippen molar-refractivity contribution >= 4 is 0 Å². The molecule has 0 spiro atoms. The molecule has 0 heterocycles. The maximum atomic E-state index is 10.1. The van der Waals surface area contributed by atoms with Gasteiger partial charge in [-0.1, -0.05) is 20.3 Å². The SMILES string of the molecule is CCC1CCC(O)C(CN(CC)CC(C)(C)O)C1. The smallest absolute Gasteiger partial charge is 0.0718 e. The molecule has 18 heavy (non-hydrogen) atoms. The molecular formula is C15H31NO2. The van der Waals surface area contributed by atoms with Crippen LogP contribution in [0.2, 0.25) is 0 Å². The highest BCUT2D eigenvalue weighted by Crippen LogP contribution is 2.32. The van der Waals surface area contributed by atoms with Gasteiger partial charge in [-0.05, 0) is 51.5 Å². The lowest BCUT2D eigenvalue weighted by Gasteiger charge is -2.37. The van der Waals surface area contributed by atoms with Gasteiger partial charge in [-0.2, -0.15) is 0 Å². The number of nitrogens with zero attached hydrogens (tertiary/aromatic N) is 1. The van der Waals surface area contributed by atoms with Crippen LogP contribution in [0.4, 0.5) is 0 Å². The Morgan fingerprint density at radius 1 is 1.22 bits per heavy atom. The molecule has 0 amide bonds. The molecule has 2 N–H and O–H groups in total. The van der Waals surface area contributed by atoms with E-state index < -0.39 is 5.60 Å². The fourth-order valence-electron chi connectivity index (χ4n) is 3.10. The summed E-state index contributed by atoms with van der Waals surface area (Å²) in [6.45, 7) is 10.6. The maximum absolute atomic E-state index is 10.1. The highest BCUT2D eigenvalue weighted by molar-refractivity contribution is 4.83. The van der Waals surface area contributed by atoms with Gasteiger partial charge in [0.1, 0.15) is 0 Å². The lowest BCUT2D eigenvalue weighted by Crippen LogP contribution is -2.44. The first kappa shape index (κ1) is 15.9. The van der Waals surface area contributed by atoms with Crippen molar-refractivity contribution in [3.05, 3.63) is 0 Å². The largest absolute Gasteiger partial charge is 0.393 e. The Bertz CT molecular complexity index is 237. The lowest BCUT2D eigenvalue weighted by molar-refractivity contribution is -0.00161. The molecule has 0 aromatic carbocycles. The third-order valence-corrected chi connectivity index (χ3v) is 4.18. The fourth-order valence-corrected chi connectivity index (χ4v) is 3.10. The summed E-state index contributed by atoms with van der Waals surface area (Å²) in [6, 6.07) is 0. The first-order valence-corrected chi connectivity index (χ1v) is 7.48. The van der Waals surface area contributed by atoms with Crippen molar-refractivity contribution in [2.75, 3.05) is 19.6 Å². The van der Waals surface area contributed by atoms with Gasteiger partial charge < -0.3 is 15.1 Å². The molecule has 1 fully saturated rings. The average molecular weight is 257 g/mol. The Labute approximate surface area is 112 Å². The molecule has 1 aliphatic rings.